The standard InChI is InChI=1S/C30H29N9O2/c1-4-26(40)35-27-17-10-18(27)12-19(11-17)29-31-14-23-28(36-29)30(33-15-32-23)34-20-5-8-25(16(2)9-20)41-21-6-7-24-22(13-21)37-38-39(24)3/h4-9,13-15,17-19,27H,1,10-12H2,2-3H3,(H,35,40)(H,32,33,34)/t17-,18+,19?,27?. The molecule has 4 atom stereocenters. The molecule has 11 heteroatoms. The van der Waals surface area contributed by atoms with Crippen LogP contribution >= 0.6 is 0 Å². The van der Waals surface area contributed by atoms with E-state index < -0.39 is 0 Å². The molecule has 2 aromatic carbocycles. The second-order valence-corrected chi connectivity index (χ2v) is 10.9. The van der Waals surface area contributed by atoms with E-state index in [4.69, 9.17) is 9.72 Å². The zero-order chi connectivity index (χ0) is 28.1. The van der Waals surface area contributed by atoms with Crippen molar-refractivity contribution >= 4 is 39.5 Å². The third kappa shape index (κ3) is 4.62. The van der Waals surface area contributed by atoms with Gasteiger partial charge in [-0.1, -0.05) is 11.8 Å². The molecule has 206 valence electrons. The second kappa shape index (κ2) is 9.92. The Kier molecular flexibility index (Phi) is 6.06. The number of hydrogen-bond donors (Lipinski definition) is 2. The molecule has 3 saturated carbocycles. The number of amides is 1. The maximum Gasteiger partial charge on any atom is 0.243 e. The lowest BCUT2D eigenvalue weighted by Crippen LogP contribution is -2.57. The molecule has 0 radical (unpaired) electrons. The zero-order valence-electron chi connectivity index (χ0n) is 22.8. The minimum Gasteiger partial charge on any atom is -0.457 e. The van der Waals surface area contributed by atoms with Gasteiger partial charge in [-0.15, -0.1) is 5.10 Å². The minimum absolute atomic E-state index is 0.101. The Hall–Kier alpha value is -4.93. The summed E-state index contributed by atoms with van der Waals surface area (Å²) in [5.41, 5.74) is 4.91. The van der Waals surface area contributed by atoms with Gasteiger partial charge in [0.05, 0.1) is 11.7 Å². The van der Waals surface area contributed by atoms with Gasteiger partial charge in [0.15, 0.2) is 5.82 Å². The van der Waals surface area contributed by atoms with Crippen molar-refractivity contribution in [2.45, 2.75) is 38.1 Å². The number of nitrogens with zero attached hydrogens (tertiary/aromatic N) is 7. The van der Waals surface area contributed by atoms with Crippen LogP contribution in [0.5, 0.6) is 11.5 Å². The molecule has 3 heterocycles. The number of carbonyl (C=O) groups is 1. The molecule has 1 amide bonds. The Labute approximate surface area is 236 Å². The first-order valence-electron chi connectivity index (χ1n) is 13.7. The topological polar surface area (TPSA) is 133 Å². The van der Waals surface area contributed by atoms with E-state index in [2.05, 4.69) is 42.5 Å². The van der Waals surface area contributed by atoms with Crippen LogP contribution in [-0.4, -0.2) is 46.9 Å². The summed E-state index contributed by atoms with van der Waals surface area (Å²) in [6.45, 7) is 5.57. The zero-order valence-corrected chi connectivity index (χ0v) is 22.8. The molecule has 5 aromatic rings. The summed E-state index contributed by atoms with van der Waals surface area (Å²) in [4.78, 5) is 30.3. The third-order valence-corrected chi connectivity index (χ3v) is 8.30. The summed E-state index contributed by atoms with van der Waals surface area (Å²) in [6.07, 6.45) is 7.67. The van der Waals surface area contributed by atoms with Crippen molar-refractivity contribution in [3.8, 4) is 11.5 Å². The summed E-state index contributed by atoms with van der Waals surface area (Å²) in [7, 11) is 1.86. The summed E-state index contributed by atoms with van der Waals surface area (Å²) in [5, 5.41) is 14.7. The minimum atomic E-state index is -0.101. The fourth-order valence-corrected chi connectivity index (χ4v) is 6.20. The number of ether oxygens (including phenoxy) is 1. The largest absolute Gasteiger partial charge is 0.457 e. The summed E-state index contributed by atoms with van der Waals surface area (Å²) >= 11 is 0. The smallest absolute Gasteiger partial charge is 0.243 e. The highest BCUT2D eigenvalue weighted by molar-refractivity contribution is 5.87. The van der Waals surface area contributed by atoms with Crippen molar-refractivity contribution in [3.63, 3.8) is 0 Å². The van der Waals surface area contributed by atoms with Gasteiger partial charge in [0.2, 0.25) is 5.91 Å². The quantitative estimate of drug-likeness (QED) is 0.277. The highest BCUT2D eigenvalue weighted by Crippen LogP contribution is 2.51. The van der Waals surface area contributed by atoms with Crippen molar-refractivity contribution in [2.24, 2.45) is 18.9 Å². The Bertz CT molecular complexity index is 1810. The van der Waals surface area contributed by atoms with E-state index in [1.54, 1.807) is 10.9 Å². The molecule has 3 aromatic heterocycles. The highest BCUT2D eigenvalue weighted by atomic mass is 16.5. The van der Waals surface area contributed by atoms with Gasteiger partial charge in [-0.2, -0.15) is 0 Å². The molecule has 3 aliphatic carbocycles. The molecular formula is C30H29N9O2. The van der Waals surface area contributed by atoms with Crippen molar-refractivity contribution in [1.29, 1.82) is 0 Å². The van der Waals surface area contributed by atoms with Crippen LogP contribution in [0.25, 0.3) is 22.1 Å². The van der Waals surface area contributed by atoms with Crippen molar-refractivity contribution in [3.05, 3.63) is 73.0 Å². The number of fused-ring (bicyclic) bond motifs is 4. The van der Waals surface area contributed by atoms with E-state index >= 15 is 0 Å². The fourth-order valence-electron chi connectivity index (χ4n) is 6.20. The number of hydrogen-bond acceptors (Lipinski definition) is 9. The van der Waals surface area contributed by atoms with Crippen LogP contribution < -0.4 is 15.4 Å². The fraction of sp³-hybridized carbons (Fsp3) is 0.300. The van der Waals surface area contributed by atoms with Crippen LogP contribution in [0.15, 0.2) is 61.6 Å². The van der Waals surface area contributed by atoms with Gasteiger partial charge in [0, 0.05) is 30.8 Å². The molecule has 2 N–H and O–H groups in total. The van der Waals surface area contributed by atoms with E-state index in [0.717, 1.165) is 53.1 Å². The number of anilines is 2. The number of aromatic nitrogens is 7. The molecular weight excluding hydrogens is 518 g/mol. The molecule has 2 unspecified atom stereocenters. The molecule has 8 rings (SSSR count). The van der Waals surface area contributed by atoms with Gasteiger partial charge in [-0.3, -0.25) is 4.79 Å². The second-order valence-electron chi connectivity index (χ2n) is 10.9. The molecule has 0 spiro atoms. The molecule has 2 bridgehead atoms. The van der Waals surface area contributed by atoms with Gasteiger partial charge in [-0.05, 0) is 80.0 Å². The van der Waals surface area contributed by atoms with Crippen LogP contribution in [0, 0.1) is 18.8 Å². The first-order valence-corrected chi connectivity index (χ1v) is 13.7. The van der Waals surface area contributed by atoms with E-state index in [-0.39, 0.29) is 17.9 Å². The predicted octanol–water partition coefficient (Wildman–Crippen LogP) is 4.73. The molecule has 3 fully saturated rings. The van der Waals surface area contributed by atoms with Gasteiger partial charge < -0.3 is 15.4 Å². The number of benzene rings is 2. The maximum absolute atomic E-state index is 11.8. The Morgan fingerprint density at radius 2 is 1.93 bits per heavy atom. The van der Waals surface area contributed by atoms with Crippen LogP contribution in [0.3, 0.4) is 0 Å². The number of aryl methyl sites for hydroxylation is 2. The predicted molar refractivity (Wildman–Crippen MR) is 154 cm³/mol. The highest BCUT2D eigenvalue weighted by Gasteiger charge is 2.48. The molecule has 3 aliphatic rings. The van der Waals surface area contributed by atoms with Gasteiger partial charge in [0.1, 0.15) is 40.2 Å². The lowest BCUT2D eigenvalue weighted by atomic mass is 9.57. The van der Waals surface area contributed by atoms with E-state index in [0.29, 0.717) is 34.4 Å². The van der Waals surface area contributed by atoms with Gasteiger partial charge in [0.25, 0.3) is 0 Å². The van der Waals surface area contributed by atoms with Crippen LogP contribution in [-0.2, 0) is 11.8 Å². The van der Waals surface area contributed by atoms with E-state index in [1.807, 2.05) is 50.4 Å². The summed E-state index contributed by atoms with van der Waals surface area (Å²) in [5.74, 6) is 3.90. The third-order valence-electron chi connectivity index (χ3n) is 8.30. The van der Waals surface area contributed by atoms with Gasteiger partial charge in [-0.25, -0.2) is 24.6 Å². The number of carbonyl (C=O) groups excluding carboxylic acids is 1. The lowest BCUT2D eigenvalue weighted by molar-refractivity contribution is -0.120. The van der Waals surface area contributed by atoms with Crippen molar-refractivity contribution in [1.82, 2.24) is 40.2 Å². The average Bonchev–Trinajstić information content (AvgIpc) is 3.36. The lowest BCUT2D eigenvalue weighted by Gasteiger charge is -2.52. The first-order chi connectivity index (χ1) is 19.9. The Morgan fingerprint density at radius 1 is 1.07 bits per heavy atom. The van der Waals surface area contributed by atoms with Crippen LogP contribution in [0.2, 0.25) is 0 Å². The van der Waals surface area contributed by atoms with Gasteiger partial charge >= 0.3 is 0 Å². The monoisotopic (exact) mass is 547 g/mol. The Morgan fingerprint density at radius 3 is 2.73 bits per heavy atom. The summed E-state index contributed by atoms with van der Waals surface area (Å²) < 4.78 is 7.88. The number of nitrogens with one attached hydrogen (secondary N) is 2. The first kappa shape index (κ1) is 25.1. The van der Waals surface area contributed by atoms with Crippen LogP contribution in [0.1, 0.15) is 36.6 Å². The average molecular weight is 548 g/mol. The van der Waals surface area contributed by atoms with Crippen LogP contribution in [0.4, 0.5) is 11.5 Å². The number of rotatable bonds is 7. The Balaban J connectivity index is 1.09. The van der Waals surface area contributed by atoms with Crippen molar-refractivity contribution in [2.75, 3.05) is 5.32 Å². The molecule has 0 saturated heterocycles. The molecule has 0 aliphatic heterocycles. The normalized spacial score (nSPS) is 21.3. The maximum atomic E-state index is 11.8. The SMILES string of the molecule is C=CC(=O)NC1[C@@H]2CC(c3ncc4ncnc(Nc5ccc(Oc6ccc7c(c6)nnn7C)c(C)c5)c4n3)C[C@H]1C2. The molecule has 11 nitrogen and oxygen atoms in total. The molecule has 41 heavy (non-hydrogen) atoms. The summed E-state index contributed by atoms with van der Waals surface area (Å²) in [6, 6.07) is 11.9. The van der Waals surface area contributed by atoms with Crippen molar-refractivity contribution < 1.29 is 9.53 Å². The van der Waals surface area contributed by atoms with E-state index in [1.165, 1.54) is 12.4 Å². The van der Waals surface area contributed by atoms with E-state index in [9.17, 15) is 4.79 Å².